The second kappa shape index (κ2) is 4.95. The summed E-state index contributed by atoms with van der Waals surface area (Å²) in [7, 11) is 0. The van der Waals surface area contributed by atoms with Crippen molar-refractivity contribution in [2.24, 2.45) is 16.3 Å². The van der Waals surface area contributed by atoms with Crippen molar-refractivity contribution < 1.29 is 10.1 Å². The van der Waals surface area contributed by atoms with E-state index in [9.17, 15) is 10.1 Å². The smallest absolute Gasteiger partial charge is 0.298 e. The summed E-state index contributed by atoms with van der Waals surface area (Å²) in [6, 6.07) is 2.93. The number of aromatic nitrogens is 1. The summed E-state index contributed by atoms with van der Waals surface area (Å²) in [6.07, 6.45) is 1.02. The molecule has 0 spiro atoms. The first-order chi connectivity index (χ1) is 9.34. The number of amidine groups is 1. The predicted molar refractivity (Wildman–Crippen MR) is 74.0 cm³/mol. The Bertz CT molecular complexity index is 570. The van der Waals surface area contributed by atoms with E-state index >= 15 is 0 Å². The molecule has 3 N–H and O–H groups in total. The fourth-order valence-corrected chi connectivity index (χ4v) is 2.31. The van der Waals surface area contributed by atoms with E-state index in [-0.39, 0.29) is 22.6 Å². The Morgan fingerprint density at radius 2 is 2.30 bits per heavy atom. The van der Waals surface area contributed by atoms with Crippen molar-refractivity contribution in [3.8, 4) is 0 Å². The van der Waals surface area contributed by atoms with Crippen LogP contribution in [0.2, 0.25) is 0 Å². The SMILES string of the molecule is CC1(C)CCN(c2ccc([N+](=O)[O-])c(/C(N)=N/O)n2)C1. The van der Waals surface area contributed by atoms with E-state index in [0.717, 1.165) is 19.5 Å². The molecule has 1 aliphatic rings. The molecule has 1 aromatic heterocycles. The molecular weight excluding hydrogens is 262 g/mol. The Hall–Kier alpha value is -2.38. The number of pyridine rings is 1. The second-order valence-electron chi connectivity index (χ2n) is 5.62. The quantitative estimate of drug-likeness (QED) is 0.283. The fourth-order valence-electron chi connectivity index (χ4n) is 2.31. The number of rotatable bonds is 3. The van der Waals surface area contributed by atoms with Gasteiger partial charge in [0.1, 0.15) is 5.82 Å². The van der Waals surface area contributed by atoms with Crippen molar-refractivity contribution in [1.29, 1.82) is 0 Å². The van der Waals surface area contributed by atoms with Crippen molar-refractivity contribution in [3.63, 3.8) is 0 Å². The van der Waals surface area contributed by atoms with Crippen LogP contribution in [0.4, 0.5) is 11.5 Å². The topological polar surface area (TPSA) is 118 Å². The molecule has 1 saturated heterocycles. The van der Waals surface area contributed by atoms with E-state index in [0.29, 0.717) is 5.82 Å². The lowest BCUT2D eigenvalue weighted by molar-refractivity contribution is -0.385. The van der Waals surface area contributed by atoms with Crippen LogP contribution in [0.5, 0.6) is 0 Å². The van der Waals surface area contributed by atoms with Crippen molar-refractivity contribution in [2.75, 3.05) is 18.0 Å². The van der Waals surface area contributed by atoms with Crippen LogP contribution in [0.1, 0.15) is 26.0 Å². The van der Waals surface area contributed by atoms with Gasteiger partial charge in [0.15, 0.2) is 11.5 Å². The van der Waals surface area contributed by atoms with Crippen molar-refractivity contribution in [1.82, 2.24) is 4.98 Å². The molecule has 8 heteroatoms. The molecule has 0 saturated carbocycles. The molecular formula is C12H17N5O3. The van der Waals surface area contributed by atoms with E-state index < -0.39 is 4.92 Å². The van der Waals surface area contributed by atoms with Gasteiger partial charge in [-0.05, 0) is 17.9 Å². The lowest BCUT2D eigenvalue weighted by Crippen LogP contribution is -2.25. The summed E-state index contributed by atoms with van der Waals surface area (Å²) < 4.78 is 0. The predicted octanol–water partition coefficient (Wildman–Crippen LogP) is 1.32. The average molecular weight is 279 g/mol. The third-order valence-electron chi connectivity index (χ3n) is 3.41. The van der Waals surface area contributed by atoms with Gasteiger partial charge >= 0.3 is 0 Å². The van der Waals surface area contributed by atoms with Gasteiger partial charge in [0.25, 0.3) is 5.69 Å². The van der Waals surface area contributed by atoms with E-state index in [1.165, 1.54) is 6.07 Å². The highest BCUT2D eigenvalue weighted by Gasteiger charge is 2.31. The zero-order chi connectivity index (χ0) is 14.9. The molecule has 2 rings (SSSR count). The maximum atomic E-state index is 10.9. The molecule has 1 aliphatic heterocycles. The molecule has 0 radical (unpaired) electrons. The van der Waals surface area contributed by atoms with Gasteiger partial charge in [-0.15, -0.1) is 0 Å². The van der Waals surface area contributed by atoms with Crippen molar-refractivity contribution in [3.05, 3.63) is 27.9 Å². The summed E-state index contributed by atoms with van der Waals surface area (Å²) >= 11 is 0. The Kier molecular flexibility index (Phi) is 3.47. The van der Waals surface area contributed by atoms with E-state index in [2.05, 4.69) is 24.0 Å². The van der Waals surface area contributed by atoms with Crippen LogP contribution in [0.25, 0.3) is 0 Å². The standard InChI is InChI=1S/C12H17N5O3/c1-12(2)5-6-16(7-12)9-4-3-8(17(19)20)10(14-9)11(13)15-18/h3-4,18H,5-7H2,1-2H3,(H2,13,15). The zero-order valence-electron chi connectivity index (χ0n) is 11.4. The van der Waals surface area contributed by atoms with Crippen LogP contribution in [0.15, 0.2) is 17.3 Å². The van der Waals surface area contributed by atoms with Crippen molar-refractivity contribution in [2.45, 2.75) is 20.3 Å². The van der Waals surface area contributed by atoms with Gasteiger partial charge < -0.3 is 15.8 Å². The fraction of sp³-hybridized carbons (Fsp3) is 0.500. The van der Waals surface area contributed by atoms with Crippen LogP contribution in [-0.2, 0) is 0 Å². The Morgan fingerprint density at radius 1 is 1.60 bits per heavy atom. The number of hydrogen-bond acceptors (Lipinski definition) is 6. The molecule has 1 aromatic rings. The summed E-state index contributed by atoms with van der Waals surface area (Å²) in [5.41, 5.74) is 5.26. The second-order valence-corrected chi connectivity index (χ2v) is 5.62. The number of nitro groups is 1. The largest absolute Gasteiger partial charge is 0.409 e. The monoisotopic (exact) mass is 279 g/mol. The maximum Gasteiger partial charge on any atom is 0.298 e. The number of hydrogen-bond donors (Lipinski definition) is 2. The summed E-state index contributed by atoms with van der Waals surface area (Å²) in [5, 5.41) is 22.5. The van der Waals surface area contributed by atoms with Crippen LogP contribution < -0.4 is 10.6 Å². The summed E-state index contributed by atoms with van der Waals surface area (Å²) in [6.45, 7) is 5.95. The van der Waals surface area contributed by atoms with E-state index in [4.69, 9.17) is 10.9 Å². The number of nitrogens with zero attached hydrogens (tertiary/aromatic N) is 4. The van der Waals surface area contributed by atoms with Crippen LogP contribution in [0.3, 0.4) is 0 Å². The Labute approximate surface area is 116 Å². The molecule has 1 fully saturated rings. The zero-order valence-corrected chi connectivity index (χ0v) is 11.4. The summed E-state index contributed by atoms with van der Waals surface area (Å²) in [4.78, 5) is 16.6. The Morgan fingerprint density at radius 3 is 2.80 bits per heavy atom. The Balaban J connectivity index is 2.40. The molecule has 0 bridgehead atoms. The molecule has 0 amide bonds. The molecule has 0 aromatic carbocycles. The van der Waals surface area contributed by atoms with Crippen LogP contribution >= 0.6 is 0 Å². The van der Waals surface area contributed by atoms with Gasteiger partial charge in [-0.2, -0.15) is 0 Å². The van der Waals surface area contributed by atoms with Gasteiger partial charge in [-0.3, -0.25) is 10.1 Å². The number of anilines is 1. The highest BCUT2D eigenvalue weighted by Crippen LogP contribution is 2.32. The lowest BCUT2D eigenvalue weighted by atomic mass is 9.93. The van der Waals surface area contributed by atoms with E-state index in [1.807, 2.05) is 4.90 Å². The third-order valence-corrected chi connectivity index (χ3v) is 3.41. The van der Waals surface area contributed by atoms with Gasteiger partial charge in [0, 0.05) is 19.2 Å². The van der Waals surface area contributed by atoms with Gasteiger partial charge in [0.05, 0.1) is 4.92 Å². The van der Waals surface area contributed by atoms with Crippen LogP contribution in [-0.4, -0.2) is 34.0 Å². The maximum absolute atomic E-state index is 10.9. The van der Waals surface area contributed by atoms with Crippen LogP contribution in [0, 0.1) is 15.5 Å². The first-order valence-corrected chi connectivity index (χ1v) is 6.22. The van der Waals surface area contributed by atoms with Gasteiger partial charge in [0.2, 0.25) is 0 Å². The molecule has 0 unspecified atom stereocenters. The average Bonchev–Trinajstić information content (AvgIpc) is 2.77. The molecule has 2 heterocycles. The van der Waals surface area contributed by atoms with Crippen molar-refractivity contribution >= 4 is 17.3 Å². The highest BCUT2D eigenvalue weighted by atomic mass is 16.6. The number of oxime groups is 1. The third kappa shape index (κ3) is 2.63. The van der Waals surface area contributed by atoms with Gasteiger partial charge in [-0.1, -0.05) is 19.0 Å². The molecule has 108 valence electrons. The normalized spacial score (nSPS) is 18.3. The van der Waals surface area contributed by atoms with E-state index in [1.54, 1.807) is 6.07 Å². The summed E-state index contributed by atoms with van der Waals surface area (Å²) in [5.74, 6) is 0.236. The first-order valence-electron chi connectivity index (χ1n) is 6.22. The first kappa shape index (κ1) is 14.0. The van der Waals surface area contributed by atoms with Gasteiger partial charge in [-0.25, -0.2) is 4.98 Å². The highest BCUT2D eigenvalue weighted by molar-refractivity contribution is 5.99. The minimum absolute atomic E-state index is 0.111. The molecule has 20 heavy (non-hydrogen) atoms. The molecule has 0 aliphatic carbocycles. The number of nitrogens with two attached hydrogens (primary N) is 1. The lowest BCUT2D eigenvalue weighted by Gasteiger charge is -2.20. The molecule has 8 nitrogen and oxygen atoms in total. The molecule has 0 atom stereocenters. The minimum atomic E-state index is -0.599. The minimum Gasteiger partial charge on any atom is -0.409 e.